The van der Waals surface area contributed by atoms with Gasteiger partial charge < -0.3 is 40.2 Å². The summed E-state index contributed by atoms with van der Waals surface area (Å²) in [5.41, 5.74) is 5.96. The van der Waals surface area contributed by atoms with Gasteiger partial charge in [-0.1, -0.05) is 300 Å². The second-order valence-corrected chi connectivity index (χ2v) is 37.5. The van der Waals surface area contributed by atoms with E-state index < -0.39 is 21.7 Å². The van der Waals surface area contributed by atoms with E-state index in [1.54, 1.807) is 0 Å². The monoisotopic (exact) mass is 1560 g/mol. The molecule has 576 valence electrons. The fourth-order valence-electron chi connectivity index (χ4n) is 14.2. The van der Waals surface area contributed by atoms with Gasteiger partial charge in [0, 0.05) is 0 Å². The number of hydrogen-bond acceptors (Lipinski definition) is 12. The maximum absolute atomic E-state index is 14.9. The van der Waals surface area contributed by atoms with E-state index in [9.17, 15) is 19.2 Å². The zero-order valence-electron chi connectivity index (χ0n) is 66.8. The quantitative estimate of drug-likeness (QED) is 0.0574. The van der Waals surface area contributed by atoms with Crippen LogP contribution in [-0.4, -0.2) is 50.1 Å². The Kier molecular flexibility index (Phi) is 24.0. The van der Waals surface area contributed by atoms with Gasteiger partial charge in [0.1, 0.15) is 23.0 Å². The summed E-state index contributed by atoms with van der Waals surface area (Å²) < 4.78 is 28.8. The Morgan fingerprint density at radius 2 is 0.438 bits per heavy atom. The summed E-state index contributed by atoms with van der Waals surface area (Å²) in [5, 5.41) is 21.6. The molecule has 1 aliphatic heterocycles. The van der Waals surface area contributed by atoms with E-state index >= 15 is 0 Å². The molecule has 0 aliphatic carbocycles. The van der Waals surface area contributed by atoms with Crippen molar-refractivity contribution in [3.8, 4) is 23.0 Å². The van der Waals surface area contributed by atoms with Crippen molar-refractivity contribution in [3.63, 3.8) is 0 Å². The molecule has 1 heterocycles. The smallest absolute Gasteiger partial charge is 0.258 e. The second-order valence-electron chi connectivity index (χ2n) is 33.2. The molecular formula is C96H100N4O8S4. The lowest BCUT2D eigenvalue weighted by Crippen LogP contribution is -2.31. The summed E-state index contributed by atoms with van der Waals surface area (Å²) in [5.74, 6) is 0.389. The van der Waals surface area contributed by atoms with E-state index in [4.69, 9.17) is 18.9 Å². The summed E-state index contributed by atoms with van der Waals surface area (Å²) in [6.07, 6.45) is 0. The second kappa shape index (κ2) is 33.5. The number of carbonyl (C=O) groups is 4. The van der Waals surface area contributed by atoms with Gasteiger partial charge in [-0.05, 0) is 185 Å². The van der Waals surface area contributed by atoms with Crippen LogP contribution in [0.4, 0.5) is 0 Å². The van der Waals surface area contributed by atoms with Crippen LogP contribution < -0.4 is 40.2 Å². The molecule has 4 N–H and O–H groups in total. The number of carbonyl (C=O) groups excluding carboxylic acids is 4. The number of rotatable bonds is 20. The largest absolute Gasteiger partial charge is 0.481 e. The predicted octanol–water partition coefficient (Wildman–Crippen LogP) is 23.4. The third-order valence-corrected chi connectivity index (χ3v) is 24.7. The maximum Gasteiger partial charge on any atom is 0.258 e. The van der Waals surface area contributed by atoms with Gasteiger partial charge in [-0.2, -0.15) is 0 Å². The lowest BCUT2D eigenvalue weighted by Gasteiger charge is -2.28. The van der Waals surface area contributed by atoms with E-state index in [1.807, 2.05) is 125 Å². The van der Waals surface area contributed by atoms with Crippen molar-refractivity contribution >= 4 is 114 Å². The average molecular weight is 1570 g/mol. The number of amides is 4. The van der Waals surface area contributed by atoms with Crippen molar-refractivity contribution in [2.24, 2.45) is 0 Å². The lowest BCUT2D eigenvalue weighted by molar-refractivity contribution is -0.124. The van der Waals surface area contributed by atoms with E-state index in [2.05, 4.69) is 226 Å². The molecule has 12 aromatic carbocycles. The molecular weight excluding hydrogens is 1470 g/mol. The molecule has 0 saturated heterocycles. The molecule has 16 heteroatoms. The van der Waals surface area contributed by atoms with Crippen LogP contribution in [0.5, 0.6) is 23.0 Å². The molecule has 0 saturated carbocycles. The van der Waals surface area contributed by atoms with Gasteiger partial charge >= 0.3 is 0 Å². The highest BCUT2D eigenvalue weighted by Crippen LogP contribution is 2.57. The van der Waals surface area contributed by atoms with Crippen molar-refractivity contribution < 1.29 is 38.1 Å². The first-order valence-electron chi connectivity index (χ1n) is 38.4. The van der Waals surface area contributed by atoms with Crippen LogP contribution in [0.3, 0.4) is 0 Å². The molecule has 4 atom stereocenters. The molecule has 0 spiro atoms. The highest BCUT2D eigenvalue weighted by Gasteiger charge is 2.33. The van der Waals surface area contributed by atoms with Crippen LogP contribution in [0.15, 0.2) is 258 Å². The Labute approximate surface area is 676 Å². The van der Waals surface area contributed by atoms with E-state index in [0.717, 1.165) is 87.6 Å². The van der Waals surface area contributed by atoms with Gasteiger partial charge in [0.05, 0.1) is 63.3 Å². The van der Waals surface area contributed by atoms with Crippen molar-refractivity contribution in [2.75, 3.05) is 26.4 Å². The Morgan fingerprint density at radius 3 is 0.616 bits per heavy atom. The van der Waals surface area contributed by atoms with E-state index in [1.165, 1.54) is 47.0 Å². The molecule has 1 aliphatic rings. The fraction of sp³-hybridized carbons (Fsp3) is 0.292. The van der Waals surface area contributed by atoms with Gasteiger partial charge in [0.2, 0.25) is 0 Å². The minimum Gasteiger partial charge on any atom is -0.481 e. The van der Waals surface area contributed by atoms with Gasteiger partial charge in [0.15, 0.2) is 26.4 Å². The van der Waals surface area contributed by atoms with Crippen LogP contribution in [-0.2, 0) is 40.8 Å². The summed E-state index contributed by atoms with van der Waals surface area (Å²) in [4.78, 5) is 65.0. The minimum atomic E-state index is -0.455. The summed E-state index contributed by atoms with van der Waals surface area (Å²) in [6, 6.07) is 72.8. The van der Waals surface area contributed by atoms with Gasteiger partial charge in [0.25, 0.3) is 23.6 Å². The van der Waals surface area contributed by atoms with Crippen molar-refractivity contribution in [2.45, 2.75) is 196 Å². The number of fused-ring (bicyclic) bond motifs is 12. The van der Waals surface area contributed by atoms with Gasteiger partial charge in [-0.25, -0.2) is 0 Å². The van der Waals surface area contributed by atoms with Crippen LogP contribution in [0, 0.1) is 0 Å². The fourth-order valence-corrected chi connectivity index (χ4v) is 19.0. The van der Waals surface area contributed by atoms with Gasteiger partial charge in [-0.3, -0.25) is 19.2 Å². The molecule has 12 nitrogen and oxygen atoms in total. The standard InChI is InChI=1S/C96H100N4O8S4/c1-57(69-41-25-33-61-29-17-21-37-73(61)69)97-85(101)53-105-89-77-45-65(93(5,6)7)46-78(89)110-80-48-67(95(11,12)13)50-82(91(80)107-55-87(103)99-59(3)71-43-27-35-63-31-19-23-39-75(63)71)112-84-52-68(96(14,15)16)51-83(92(84)108-56-88(104)100-60(4)72-44-28-36-64-32-20-24-40-76(64)72)111-81-49-66(94(8,9)10)47-79(109-77)90(81)106-54-86(102)98-58(2)70-42-26-34-62-30-18-22-38-74(62)70/h17-52,57-60H,53-56H2,1-16H3,(H,97,101)(H,98,102)(H,99,103)(H,100,104)/t57-,58-,59-,60-/m0/s1. The van der Waals surface area contributed by atoms with Crippen LogP contribution in [0.25, 0.3) is 43.1 Å². The lowest BCUT2D eigenvalue weighted by atomic mass is 9.87. The topological polar surface area (TPSA) is 153 Å². The number of ether oxygens (including phenoxy) is 4. The zero-order valence-corrected chi connectivity index (χ0v) is 70.1. The number of benzene rings is 12. The predicted molar refractivity (Wildman–Crippen MR) is 461 cm³/mol. The molecule has 8 bridgehead atoms. The number of hydrogen-bond donors (Lipinski definition) is 4. The zero-order chi connectivity index (χ0) is 79.6. The third-order valence-electron chi connectivity index (χ3n) is 20.5. The van der Waals surface area contributed by atoms with Crippen molar-refractivity contribution in [1.29, 1.82) is 0 Å². The Balaban J connectivity index is 1.00. The average Bonchev–Trinajstić information content (AvgIpc) is 0.759. The van der Waals surface area contributed by atoms with E-state index in [0.29, 0.717) is 62.2 Å². The van der Waals surface area contributed by atoms with Crippen molar-refractivity contribution in [1.82, 2.24) is 21.3 Å². The molecule has 0 unspecified atom stereocenters. The molecule has 12 aromatic rings. The molecule has 4 amide bonds. The summed E-state index contributed by atoms with van der Waals surface area (Å²) in [7, 11) is 0. The molecule has 112 heavy (non-hydrogen) atoms. The van der Waals surface area contributed by atoms with Gasteiger partial charge in [-0.15, -0.1) is 0 Å². The van der Waals surface area contributed by atoms with Crippen LogP contribution in [0.2, 0.25) is 0 Å². The third kappa shape index (κ3) is 18.6. The van der Waals surface area contributed by atoms with Crippen LogP contribution >= 0.6 is 47.0 Å². The first kappa shape index (κ1) is 80.2. The molecule has 0 fully saturated rings. The molecule has 0 radical (unpaired) electrons. The Morgan fingerprint density at radius 1 is 0.268 bits per heavy atom. The normalized spacial score (nSPS) is 13.7. The summed E-state index contributed by atoms with van der Waals surface area (Å²) >= 11 is 5.76. The van der Waals surface area contributed by atoms with Crippen molar-refractivity contribution in [3.05, 3.63) is 263 Å². The van der Waals surface area contributed by atoms with E-state index in [-0.39, 0.29) is 74.2 Å². The highest BCUT2D eigenvalue weighted by atomic mass is 32.2. The SMILES string of the molecule is C[C@H](NC(=O)COc1c2cc(C(C)(C)C)cc1Sc1cc(C(C)(C)C)cc(c1OCC(=O)N[C@@H](C)c1cccc3ccccc13)Sc1cc(C(C)(C)C)cc(c1OCC(=O)N[C@@H](C)c1cccc3ccccc13)Sc1cc(C(C)(C)C)cc(c1OCC(=O)N[C@@H](C)c1cccc3ccccc13)S2)c1cccc2ccccc12. The maximum atomic E-state index is 14.9. The minimum absolute atomic E-state index is 0.331. The highest BCUT2D eigenvalue weighted by molar-refractivity contribution is 8.01. The van der Waals surface area contributed by atoms with Crippen LogP contribution in [0.1, 0.15) is 179 Å². The summed E-state index contributed by atoms with van der Waals surface area (Å²) in [6.45, 7) is 32.7. The Bertz CT molecular complexity index is 4780. The Hall–Kier alpha value is -9.84. The first-order valence-corrected chi connectivity index (χ1v) is 41.6. The molecule has 0 aromatic heterocycles. The number of nitrogens with one attached hydrogen (secondary N) is 4. The first-order chi connectivity index (χ1) is 53.3. The molecule has 13 rings (SSSR count).